The maximum absolute atomic E-state index is 12.4. The highest BCUT2D eigenvalue weighted by Crippen LogP contribution is 2.22. The summed E-state index contributed by atoms with van der Waals surface area (Å²) in [5, 5.41) is 8.49. The van der Waals surface area contributed by atoms with Crippen LogP contribution in [0.3, 0.4) is 0 Å². The van der Waals surface area contributed by atoms with E-state index in [9.17, 15) is 9.59 Å². The molecule has 2 amide bonds. The van der Waals surface area contributed by atoms with Gasteiger partial charge in [-0.05, 0) is 43.7 Å². The van der Waals surface area contributed by atoms with Gasteiger partial charge >= 0.3 is 0 Å². The van der Waals surface area contributed by atoms with E-state index in [2.05, 4.69) is 15.5 Å². The van der Waals surface area contributed by atoms with Crippen molar-refractivity contribution in [3.63, 3.8) is 0 Å². The van der Waals surface area contributed by atoms with Crippen LogP contribution in [0.5, 0.6) is 0 Å². The van der Waals surface area contributed by atoms with Crippen molar-refractivity contribution in [3.05, 3.63) is 33.6 Å². The number of carbonyl (C=O) groups is 2. The average molecular weight is 348 g/mol. The molecule has 128 valence electrons. The van der Waals surface area contributed by atoms with Crippen molar-refractivity contribution in [1.29, 1.82) is 0 Å². The Kier molecular flexibility index (Phi) is 4.94. The monoisotopic (exact) mass is 348 g/mol. The lowest BCUT2D eigenvalue weighted by Gasteiger charge is -2.31. The fourth-order valence-electron chi connectivity index (χ4n) is 2.76. The molecule has 2 aromatic heterocycles. The number of piperidine rings is 1. The fourth-order valence-corrected chi connectivity index (χ4v) is 3.63. The van der Waals surface area contributed by atoms with E-state index >= 15 is 0 Å². The number of nitrogens with zero attached hydrogens (tertiary/aromatic N) is 3. The minimum absolute atomic E-state index is 0.0232. The van der Waals surface area contributed by atoms with Crippen molar-refractivity contribution in [2.75, 3.05) is 13.1 Å². The number of amides is 2. The van der Waals surface area contributed by atoms with Crippen LogP contribution in [-0.2, 0) is 11.3 Å². The Labute approximate surface area is 144 Å². The molecule has 0 bridgehead atoms. The van der Waals surface area contributed by atoms with E-state index in [1.54, 1.807) is 6.92 Å². The largest absolute Gasteiger partial charge is 0.347 e. The van der Waals surface area contributed by atoms with Crippen molar-refractivity contribution < 1.29 is 14.1 Å². The van der Waals surface area contributed by atoms with Crippen LogP contribution >= 0.6 is 11.3 Å². The molecule has 7 nitrogen and oxygen atoms in total. The van der Waals surface area contributed by atoms with Gasteiger partial charge in [0.15, 0.2) is 5.82 Å². The third-order valence-corrected chi connectivity index (χ3v) is 5.11. The Hall–Kier alpha value is -2.22. The highest BCUT2D eigenvalue weighted by Gasteiger charge is 2.28. The van der Waals surface area contributed by atoms with Crippen molar-refractivity contribution >= 4 is 23.2 Å². The smallest absolute Gasteiger partial charge is 0.263 e. The Bertz CT molecular complexity index is 731. The van der Waals surface area contributed by atoms with Gasteiger partial charge in [0.05, 0.1) is 11.4 Å². The summed E-state index contributed by atoms with van der Waals surface area (Å²) >= 11 is 1.47. The Balaban J connectivity index is 1.47. The summed E-state index contributed by atoms with van der Waals surface area (Å²) in [4.78, 5) is 31.3. The first-order valence-electron chi connectivity index (χ1n) is 7.94. The predicted octanol–water partition coefficient (Wildman–Crippen LogP) is 1.92. The van der Waals surface area contributed by atoms with Gasteiger partial charge in [-0.25, -0.2) is 0 Å². The zero-order valence-corrected chi connectivity index (χ0v) is 14.6. The van der Waals surface area contributed by atoms with Gasteiger partial charge < -0.3 is 14.7 Å². The van der Waals surface area contributed by atoms with Crippen LogP contribution in [0.4, 0.5) is 0 Å². The number of likely N-dealkylation sites (tertiary alicyclic amines) is 1. The first-order valence-corrected chi connectivity index (χ1v) is 8.82. The van der Waals surface area contributed by atoms with Crippen LogP contribution in [0.15, 0.2) is 16.0 Å². The van der Waals surface area contributed by atoms with Gasteiger partial charge in [-0.2, -0.15) is 4.98 Å². The second-order valence-corrected chi connectivity index (χ2v) is 6.92. The molecule has 3 rings (SSSR count). The van der Waals surface area contributed by atoms with E-state index in [1.165, 1.54) is 11.3 Å². The molecule has 1 aliphatic heterocycles. The van der Waals surface area contributed by atoms with Crippen LogP contribution in [0, 0.1) is 19.8 Å². The Morgan fingerprint density at radius 3 is 2.71 bits per heavy atom. The lowest BCUT2D eigenvalue weighted by atomic mass is 9.96. The SMILES string of the molecule is Cc1csc(C(=O)N2CCC(C(=O)NCc3nc(C)no3)CC2)c1. The number of hydrogen-bond acceptors (Lipinski definition) is 6. The third-order valence-electron chi connectivity index (χ3n) is 4.08. The maximum atomic E-state index is 12.4. The Morgan fingerprint density at radius 2 is 2.12 bits per heavy atom. The van der Waals surface area contributed by atoms with Crippen LogP contribution < -0.4 is 5.32 Å². The molecule has 1 aliphatic rings. The summed E-state index contributed by atoms with van der Waals surface area (Å²) in [5.41, 5.74) is 1.11. The lowest BCUT2D eigenvalue weighted by Crippen LogP contribution is -2.42. The predicted molar refractivity (Wildman–Crippen MR) is 88.6 cm³/mol. The molecule has 0 unspecified atom stereocenters. The molecule has 1 fully saturated rings. The zero-order valence-electron chi connectivity index (χ0n) is 13.7. The van der Waals surface area contributed by atoms with Crippen molar-refractivity contribution in [2.45, 2.75) is 33.2 Å². The van der Waals surface area contributed by atoms with Gasteiger partial charge in [-0.3, -0.25) is 9.59 Å². The summed E-state index contributed by atoms with van der Waals surface area (Å²) in [7, 11) is 0. The van der Waals surface area contributed by atoms with E-state index in [1.807, 2.05) is 23.3 Å². The number of thiophene rings is 1. The average Bonchev–Trinajstić information content (AvgIpc) is 3.20. The van der Waals surface area contributed by atoms with Gasteiger partial charge in [-0.15, -0.1) is 11.3 Å². The molecule has 0 spiro atoms. The summed E-state index contributed by atoms with van der Waals surface area (Å²) in [6.07, 6.45) is 1.34. The minimum atomic E-state index is -0.0804. The summed E-state index contributed by atoms with van der Waals surface area (Å²) in [6, 6.07) is 1.91. The van der Waals surface area contributed by atoms with Crippen molar-refractivity contribution in [2.24, 2.45) is 5.92 Å². The number of carbonyl (C=O) groups excluding carboxylic acids is 2. The fraction of sp³-hybridized carbons (Fsp3) is 0.500. The maximum Gasteiger partial charge on any atom is 0.263 e. The van der Waals surface area contributed by atoms with E-state index in [-0.39, 0.29) is 24.3 Å². The number of aromatic nitrogens is 2. The van der Waals surface area contributed by atoms with E-state index < -0.39 is 0 Å². The van der Waals surface area contributed by atoms with Crippen molar-refractivity contribution in [3.8, 4) is 0 Å². The summed E-state index contributed by atoms with van der Waals surface area (Å²) in [6.45, 7) is 5.17. The molecule has 8 heteroatoms. The number of nitrogens with one attached hydrogen (secondary N) is 1. The first-order chi connectivity index (χ1) is 11.5. The van der Waals surface area contributed by atoms with E-state index in [4.69, 9.17) is 4.52 Å². The molecule has 0 aromatic carbocycles. The van der Waals surface area contributed by atoms with E-state index in [0.29, 0.717) is 37.6 Å². The number of rotatable bonds is 4. The normalized spacial score (nSPS) is 15.5. The second-order valence-electron chi connectivity index (χ2n) is 6.01. The van der Waals surface area contributed by atoms with Crippen LogP contribution in [-0.4, -0.2) is 39.9 Å². The molecule has 0 radical (unpaired) electrons. The molecule has 0 atom stereocenters. The zero-order chi connectivity index (χ0) is 17.1. The molecule has 0 saturated carbocycles. The van der Waals surface area contributed by atoms with Gasteiger partial charge in [-0.1, -0.05) is 5.16 Å². The molecule has 3 heterocycles. The quantitative estimate of drug-likeness (QED) is 0.912. The second kappa shape index (κ2) is 7.12. The molecular formula is C16H20N4O3S. The standard InChI is InChI=1S/C16H20N4O3S/c1-10-7-13(24-9-10)16(22)20-5-3-12(4-6-20)15(21)17-8-14-18-11(2)19-23-14/h7,9,12H,3-6,8H2,1-2H3,(H,17,21). The van der Waals surface area contributed by atoms with Crippen molar-refractivity contribution in [1.82, 2.24) is 20.4 Å². The molecule has 0 aliphatic carbocycles. The highest BCUT2D eigenvalue weighted by molar-refractivity contribution is 7.12. The van der Waals surface area contributed by atoms with Gasteiger partial charge in [0, 0.05) is 19.0 Å². The van der Waals surface area contributed by atoms with Gasteiger partial charge in [0.25, 0.3) is 5.91 Å². The summed E-state index contributed by atoms with van der Waals surface area (Å²) in [5.74, 6) is 0.915. The van der Waals surface area contributed by atoms with Crippen LogP contribution in [0.1, 0.15) is 39.8 Å². The van der Waals surface area contributed by atoms with Crippen LogP contribution in [0.2, 0.25) is 0 Å². The third kappa shape index (κ3) is 3.81. The number of hydrogen-bond donors (Lipinski definition) is 1. The lowest BCUT2D eigenvalue weighted by molar-refractivity contribution is -0.126. The highest BCUT2D eigenvalue weighted by atomic mass is 32.1. The molecule has 1 saturated heterocycles. The summed E-state index contributed by atoms with van der Waals surface area (Å²) < 4.78 is 4.97. The molecule has 2 aromatic rings. The number of aryl methyl sites for hydroxylation is 2. The molecule has 1 N–H and O–H groups in total. The topological polar surface area (TPSA) is 88.3 Å². The minimum Gasteiger partial charge on any atom is -0.347 e. The van der Waals surface area contributed by atoms with Crippen LogP contribution in [0.25, 0.3) is 0 Å². The molecule has 24 heavy (non-hydrogen) atoms. The molecular weight excluding hydrogens is 328 g/mol. The van der Waals surface area contributed by atoms with E-state index in [0.717, 1.165) is 10.4 Å². The Morgan fingerprint density at radius 1 is 1.38 bits per heavy atom. The van der Waals surface area contributed by atoms with Gasteiger partial charge in [0.1, 0.15) is 0 Å². The first kappa shape index (κ1) is 16.6. The van der Waals surface area contributed by atoms with Gasteiger partial charge in [0.2, 0.25) is 11.8 Å².